The molecule has 1 unspecified atom stereocenters. The van der Waals surface area contributed by atoms with Crippen molar-refractivity contribution >= 4 is 5.57 Å². The van der Waals surface area contributed by atoms with Gasteiger partial charge in [0.25, 0.3) is 0 Å². The summed E-state index contributed by atoms with van der Waals surface area (Å²) in [6, 6.07) is 7.79. The molecule has 2 aromatic rings. The number of fused-ring (bicyclic) bond motifs is 3. The van der Waals surface area contributed by atoms with Crippen LogP contribution in [0.25, 0.3) is 5.57 Å². The van der Waals surface area contributed by atoms with Gasteiger partial charge in [-0.1, -0.05) is 12.6 Å². The van der Waals surface area contributed by atoms with Crippen molar-refractivity contribution in [2.75, 3.05) is 34.9 Å². The lowest BCUT2D eigenvalue weighted by Gasteiger charge is -2.45. The molecule has 1 N–H and O–H groups in total. The van der Waals surface area contributed by atoms with Gasteiger partial charge < -0.3 is 19.3 Å². The smallest absolute Gasteiger partial charge is 0.164 e. The summed E-state index contributed by atoms with van der Waals surface area (Å²) in [5.74, 6) is 2.15. The summed E-state index contributed by atoms with van der Waals surface area (Å²) in [4.78, 5) is 2.35. The Bertz CT molecular complexity index is 936. The van der Waals surface area contributed by atoms with Crippen LogP contribution in [0, 0.1) is 0 Å². The number of hydrogen-bond acceptors (Lipinski definition) is 5. The molecule has 27 heavy (non-hydrogen) atoms. The van der Waals surface area contributed by atoms with Gasteiger partial charge in [0.2, 0.25) is 0 Å². The first-order valence-electron chi connectivity index (χ1n) is 9.03. The zero-order chi connectivity index (χ0) is 19.3. The first-order valence-corrected chi connectivity index (χ1v) is 9.03. The van der Waals surface area contributed by atoms with E-state index in [0.717, 1.165) is 58.7 Å². The van der Waals surface area contributed by atoms with E-state index < -0.39 is 5.54 Å². The lowest BCUT2D eigenvalue weighted by atomic mass is 9.76. The van der Waals surface area contributed by atoms with Gasteiger partial charge in [0.1, 0.15) is 0 Å². The Hall–Kier alpha value is -2.66. The van der Waals surface area contributed by atoms with Crippen LogP contribution in [-0.4, -0.2) is 44.9 Å². The molecule has 2 aliphatic rings. The zero-order valence-corrected chi connectivity index (χ0v) is 16.3. The summed E-state index contributed by atoms with van der Waals surface area (Å²) in [5, 5.41) is 10.3. The number of phenolic OH excluding ortho intramolecular Hbond substituents is 1. The highest BCUT2D eigenvalue weighted by molar-refractivity contribution is 5.84. The molecule has 5 heteroatoms. The largest absolute Gasteiger partial charge is 0.504 e. The molecule has 1 aliphatic heterocycles. The number of aromatic hydroxyl groups is 1. The predicted octanol–water partition coefficient (Wildman–Crippen LogP) is 3.37. The Labute approximate surface area is 159 Å². The Balaban J connectivity index is 1.96. The Morgan fingerprint density at radius 2 is 1.81 bits per heavy atom. The van der Waals surface area contributed by atoms with Gasteiger partial charge in [-0.25, -0.2) is 0 Å². The van der Waals surface area contributed by atoms with Gasteiger partial charge in [-0.15, -0.1) is 0 Å². The normalized spacial score (nSPS) is 21.1. The molecule has 4 rings (SSSR count). The van der Waals surface area contributed by atoms with Gasteiger partial charge in [-0.3, -0.25) is 4.90 Å². The Morgan fingerprint density at radius 3 is 2.48 bits per heavy atom. The van der Waals surface area contributed by atoms with E-state index in [9.17, 15) is 5.11 Å². The lowest BCUT2D eigenvalue weighted by molar-refractivity contribution is 0.168. The van der Waals surface area contributed by atoms with Crippen molar-refractivity contribution in [3.63, 3.8) is 0 Å². The fourth-order valence-corrected chi connectivity index (χ4v) is 4.71. The third-order valence-electron chi connectivity index (χ3n) is 6.12. The molecule has 0 bridgehead atoms. The van der Waals surface area contributed by atoms with Gasteiger partial charge in [0.05, 0.1) is 26.9 Å². The van der Waals surface area contributed by atoms with Gasteiger partial charge in [-0.05, 0) is 53.9 Å². The number of rotatable bonds is 3. The predicted molar refractivity (Wildman–Crippen MR) is 105 cm³/mol. The van der Waals surface area contributed by atoms with Gasteiger partial charge in [0, 0.05) is 18.5 Å². The minimum atomic E-state index is -0.392. The fraction of sp³-hybridized carbons (Fsp3) is 0.364. The van der Waals surface area contributed by atoms with Crippen LogP contribution in [-0.2, 0) is 18.4 Å². The number of phenols is 1. The highest BCUT2D eigenvalue weighted by Crippen LogP contribution is 2.56. The maximum Gasteiger partial charge on any atom is 0.164 e. The molecule has 1 spiro atoms. The van der Waals surface area contributed by atoms with E-state index in [1.165, 1.54) is 0 Å². The van der Waals surface area contributed by atoms with Crippen molar-refractivity contribution in [3.05, 3.63) is 53.1 Å². The third kappa shape index (κ3) is 2.28. The van der Waals surface area contributed by atoms with Gasteiger partial charge in [0.15, 0.2) is 23.0 Å². The summed E-state index contributed by atoms with van der Waals surface area (Å²) in [6.45, 7) is 5.37. The number of nitrogens with zero attached hydrogens (tertiary/aromatic N) is 1. The second kappa shape index (κ2) is 6.20. The third-order valence-corrected chi connectivity index (χ3v) is 6.12. The quantitative estimate of drug-likeness (QED) is 0.901. The molecule has 2 aromatic carbocycles. The molecule has 5 nitrogen and oxygen atoms in total. The van der Waals surface area contributed by atoms with Crippen LogP contribution in [0.3, 0.4) is 0 Å². The number of methoxy groups -OCH3 is 3. The maximum absolute atomic E-state index is 10.3. The summed E-state index contributed by atoms with van der Waals surface area (Å²) >= 11 is 0. The van der Waals surface area contributed by atoms with Crippen molar-refractivity contribution in [2.24, 2.45) is 0 Å². The van der Waals surface area contributed by atoms with E-state index in [0.29, 0.717) is 5.75 Å². The SMILES string of the molecule is C=C1c2ccc(OC)c(OC)c2CC12c1cc(OC)c(O)cc1CCN2C. The number of hydrogen-bond donors (Lipinski definition) is 1. The molecule has 1 aliphatic carbocycles. The second-order valence-corrected chi connectivity index (χ2v) is 7.20. The van der Waals surface area contributed by atoms with Crippen molar-refractivity contribution in [2.45, 2.75) is 18.4 Å². The van der Waals surface area contributed by atoms with Crippen LogP contribution in [0.2, 0.25) is 0 Å². The summed E-state index contributed by atoms with van der Waals surface area (Å²) < 4.78 is 16.6. The average Bonchev–Trinajstić information content (AvgIpc) is 2.97. The van der Waals surface area contributed by atoms with E-state index >= 15 is 0 Å². The Kier molecular flexibility index (Phi) is 4.07. The summed E-state index contributed by atoms with van der Waals surface area (Å²) in [7, 11) is 7.03. The van der Waals surface area contributed by atoms with E-state index in [1.807, 2.05) is 18.2 Å². The summed E-state index contributed by atoms with van der Waals surface area (Å²) in [5.41, 5.74) is 5.11. The molecule has 0 fully saturated rings. The second-order valence-electron chi connectivity index (χ2n) is 7.20. The van der Waals surface area contributed by atoms with E-state index in [-0.39, 0.29) is 5.75 Å². The molecule has 1 atom stereocenters. The molecule has 1 heterocycles. The highest BCUT2D eigenvalue weighted by Gasteiger charge is 2.50. The van der Waals surface area contributed by atoms with Crippen LogP contribution < -0.4 is 14.2 Å². The number of likely N-dealkylation sites (N-methyl/N-ethyl adjacent to an activating group) is 1. The molecule has 0 amide bonds. The molecule has 0 aromatic heterocycles. The highest BCUT2D eigenvalue weighted by atomic mass is 16.5. The Morgan fingerprint density at radius 1 is 1.07 bits per heavy atom. The van der Waals surface area contributed by atoms with Crippen LogP contribution in [0.1, 0.15) is 22.3 Å². The van der Waals surface area contributed by atoms with Crippen molar-refractivity contribution in [1.82, 2.24) is 4.90 Å². The minimum Gasteiger partial charge on any atom is -0.504 e. The maximum atomic E-state index is 10.3. The van der Waals surface area contributed by atoms with Crippen LogP contribution in [0.15, 0.2) is 30.8 Å². The first-order chi connectivity index (χ1) is 13.0. The van der Waals surface area contributed by atoms with Crippen molar-refractivity contribution < 1.29 is 19.3 Å². The van der Waals surface area contributed by atoms with E-state index in [2.05, 4.69) is 24.6 Å². The molecule has 0 saturated carbocycles. The molecule has 142 valence electrons. The van der Waals surface area contributed by atoms with Gasteiger partial charge >= 0.3 is 0 Å². The monoisotopic (exact) mass is 367 g/mol. The van der Waals surface area contributed by atoms with Crippen molar-refractivity contribution in [1.29, 1.82) is 0 Å². The lowest BCUT2D eigenvalue weighted by Crippen LogP contribution is -2.48. The van der Waals surface area contributed by atoms with Crippen LogP contribution >= 0.6 is 0 Å². The molecule has 0 saturated heterocycles. The van der Waals surface area contributed by atoms with Gasteiger partial charge in [-0.2, -0.15) is 0 Å². The topological polar surface area (TPSA) is 51.2 Å². The first kappa shape index (κ1) is 17.7. The van der Waals surface area contributed by atoms with Crippen molar-refractivity contribution in [3.8, 4) is 23.0 Å². The zero-order valence-electron chi connectivity index (χ0n) is 16.3. The molecular formula is C22H25NO4. The standard InChI is InChI=1S/C22H25NO4/c1-13-15-6-7-19(25-3)21(27-5)16(15)12-22(13)17-11-20(26-4)18(24)10-14(17)8-9-23(22)2/h6-7,10-11,24H,1,8-9,12H2,2-5H3. The van der Waals surface area contributed by atoms with Crippen LogP contribution in [0.5, 0.6) is 23.0 Å². The van der Waals surface area contributed by atoms with Crippen LogP contribution in [0.4, 0.5) is 0 Å². The van der Waals surface area contributed by atoms with E-state index in [4.69, 9.17) is 14.2 Å². The minimum absolute atomic E-state index is 0.177. The van der Waals surface area contributed by atoms with E-state index in [1.54, 1.807) is 21.3 Å². The number of benzene rings is 2. The molecular weight excluding hydrogens is 342 g/mol. The average molecular weight is 367 g/mol. The number of ether oxygens (including phenoxy) is 3. The summed E-state index contributed by atoms with van der Waals surface area (Å²) in [6.07, 6.45) is 1.61. The fourth-order valence-electron chi connectivity index (χ4n) is 4.71. The molecule has 0 radical (unpaired) electrons.